The van der Waals surface area contributed by atoms with Crippen LogP contribution in [0.3, 0.4) is 0 Å². The Labute approximate surface area is 83.8 Å². The first-order chi connectivity index (χ1) is 6.81. The first-order valence-corrected chi connectivity index (χ1v) is 5.11. The van der Waals surface area contributed by atoms with Crippen LogP contribution in [0.15, 0.2) is 23.9 Å². The average molecular weight is 193 g/mol. The van der Waals surface area contributed by atoms with Crippen LogP contribution in [0.5, 0.6) is 0 Å². The monoisotopic (exact) mass is 193 g/mol. The molecule has 1 heterocycles. The molecule has 0 aromatic carbocycles. The first kappa shape index (κ1) is 9.31. The number of fused-ring (bicyclic) bond motifs is 1. The van der Waals surface area contributed by atoms with Gasteiger partial charge in [0.2, 0.25) is 0 Å². The number of nitrogens with one attached hydrogen (secondary N) is 1. The van der Waals surface area contributed by atoms with Crippen LogP contribution in [0.25, 0.3) is 0 Å². The highest BCUT2D eigenvalue weighted by Gasteiger charge is 2.33. The molecule has 1 fully saturated rings. The van der Waals surface area contributed by atoms with Crippen LogP contribution < -0.4 is 5.32 Å². The number of carbonyl (C=O) groups is 1. The molecule has 1 N–H and O–H groups in total. The molecule has 0 amide bonds. The van der Waals surface area contributed by atoms with Crippen LogP contribution in [0.4, 0.5) is 0 Å². The van der Waals surface area contributed by atoms with Crippen LogP contribution in [-0.4, -0.2) is 18.6 Å². The second-order valence-corrected chi connectivity index (χ2v) is 3.67. The number of carbonyl (C=O) groups excluding carboxylic acids is 1. The second-order valence-electron chi connectivity index (χ2n) is 3.67. The van der Waals surface area contributed by atoms with E-state index in [-0.39, 0.29) is 12.0 Å². The van der Waals surface area contributed by atoms with Crippen molar-refractivity contribution in [1.82, 2.24) is 5.32 Å². The number of esters is 1. The van der Waals surface area contributed by atoms with Gasteiger partial charge in [0.25, 0.3) is 0 Å². The van der Waals surface area contributed by atoms with Crippen molar-refractivity contribution in [2.45, 2.75) is 25.8 Å². The minimum atomic E-state index is -0.133. The van der Waals surface area contributed by atoms with E-state index in [1.807, 2.05) is 19.1 Å². The van der Waals surface area contributed by atoms with Crippen LogP contribution >= 0.6 is 0 Å². The van der Waals surface area contributed by atoms with E-state index < -0.39 is 0 Å². The van der Waals surface area contributed by atoms with Crippen molar-refractivity contribution in [3.8, 4) is 0 Å². The fourth-order valence-corrected chi connectivity index (χ4v) is 2.01. The van der Waals surface area contributed by atoms with E-state index in [0.717, 1.165) is 12.8 Å². The molecule has 2 unspecified atom stereocenters. The van der Waals surface area contributed by atoms with Gasteiger partial charge in [0.1, 0.15) is 6.04 Å². The van der Waals surface area contributed by atoms with Crippen LogP contribution in [-0.2, 0) is 9.53 Å². The zero-order valence-electron chi connectivity index (χ0n) is 8.32. The summed E-state index contributed by atoms with van der Waals surface area (Å²) in [5, 5.41) is 3.21. The molecule has 3 nitrogen and oxygen atoms in total. The quantitative estimate of drug-likeness (QED) is 0.673. The van der Waals surface area contributed by atoms with Gasteiger partial charge in [-0.2, -0.15) is 0 Å². The molecule has 3 heteroatoms. The van der Waals surface area contributed by atoms with E-state index in [1.165, 1.54) is 5.70 Å². The van der Waals surface area contributed by atoms with Gasteiger partial charge in [0, 0.05) is 11.6 Å². The molecule has 0 radical (unpaired) electrons. The first-order valence-electron chi connectivity index (χ1n) is 5.11. The number of hydrogen-bond acceptors (Lipinski definition) is 3. The predicted octanol–water partition coefficient (Wildman–Crippen LogP) is 1.37. The van der Waals surface area contributed by atoms with E-state index >= 15 is 0 Å². The van der Waals surface area contributed by atoms with Crippen molar-refractivity contribution in [2.75, 3.05) is 6.61 Å². The third kappa shape index (κ3) is 1.67. The Hall–Kier alpha value is -1.25. The Morgan fingerprint density at radius 3 is 3.29 bits per heavy atom. The molecule has 14 heavy (non-hydrogen) atoms. The van der Waals surface area contributed by atoms with Gasteiger partial charge in [-0.1, -0.05) is 12.2 Å². The summed E-state index contributed by atoms with van der Waals surface area (Å²) >= 11 is 0. The van der Waals surface area contributed by atoms with Gasteiger partial charge >= 0.3 is 5.97 Å². The van der Waals surface area contributed by atoms with Crippen molar-refractivity contribution < 1.29 is 9.53 Å². The molecule has 2 rings (SSSR count). The fraction of sp³-hybridized carbons (Fsp3) is 0.545. The van der Waals surface area contributed by atoms with E-state index in [0.29, 0.717) is 12.5 Å². The van der Waals surface area contributed by atoms with Crippen molar-refractivity contribution in [3.63, 3.8) is 0 Å². The number of rotatable bonds is 2. The summed E-state index contributed by atoms with van der Waals surface area (Å²) in [4.78, 5) is 11.5. The molecule has 0 aromatic rings. The Morgan fingerprint density at radius 1 is 1.71 bits per heavy atom. The van der Waals surface area contributed by atoms with Crippen LogP contribution in [0, 0.1) is 5.92 Å². The molecule has 0 bridgehead atoms. The zero-order valence-corrected chi connectivity index (χ0v) is 8.32. The minimum Gasteiger partial charge on any atom is -0.464 e. The van der Waals surface area contributed by atoms with E-state index in [1.54, 1.807) is 0 Å². The highest BCUT2D eigenvalue weighted by atomic mass is 16.5. The molecule has 2 aliphatic rings. The normalized spacial score (nSPS) is 29.1. The highest BCUT2D eigenvalue weighted by Crippen LogP contribution is 2.30. The highest BCUT2D eigenvalue weighted by molar-refractivity contribution is 5.77. The van der Waals surface area contributed by atoms with Crippen molar-refractivity contribution in [3.05, 3.63) is 23.9 Å². The molecular weight excluding hydrogens is 178 g/mol. The van der Waals surface area contributed by atoms with Gasteiger partial charge < -0.3 is 10.1 Å². The molecule has 0 saturated carbocycles. The summed E-state index contributed by atoms with van der Waals surface area (Å²) in [7, 11) is 0. The van der Waals surface area contributed by atoms with Gasteiger partial charge in [-0.05, 0) is 25.8 Å². The Kier molecular flexibility index (Phi) is 2.57. The SMILES string of the molecule is CCOC(=O)C1CC2CC=CC=C2N1. The lowest BCUT2D eigenvalue weighted by molar-refractivity contribution is -0.145. The zero-order chi connectivity index (χ0) is 9.97. The maximum atomic E-state index is 11.5. The lowest BCUT2D eigenvalue weighted by Gasteiger charge is -2.10. The summed E-state index contributed by atoms with van der Waals surface area (Å²) < 4.78 is 4.98. The predicted molar refractivity (Wildman–Crippen MR) is 53.5 cm³/mol. The molecule has 1 aliphatic carbocycles. The third-order valence-corrected chi connectivity index (χ3v) is 2.70. The molecular formula is C11H15NO2. The summed E-state index contributed by atoms with van der Waals surface area (Å²) in [6.45, 7) is 2.29. The molecule has 1 saturated heterocycles. The minimum absolute atomic E-state index is 0.122. The number of hydrogen-bond donors (Lipinski definition) is 1. The lowest BCUT2D eigenvalue weighted by Crippen LogP contribution is -2.31. The topological polar surface area (TPSA) is 38.3 Å². The van der Waals surface area contributed by atoms with Crippen molar-refractivity contribution >= 4 is 5.97 Å². The van der Waals surface area contributed by atoms with Crippen molar-refractivity contribution in [2.24, 2.45) is 5.92 Å². The molecule has 1 aliphatic heterocycles. The van der Waals surface area contributed by atoms with E-state index in [9.17, 15) is 4.79 Å². The molecule has 76 valence electrons. The van der Waals surface area contributed by atoms with Gasteiger partial charge in [-0.3, -0.25) is 0 Å². The maximum absolute atomic E-state index is 11.5. The Morgan fingerprint density at radius 2 is 2.57 bits per heavy atom. The van der Waals surface area contributed by atoms with Gasteiger partial charge in [-0.15, -0.1) is 0 Å². The van der Waals surface area contributed by atoms with Crippen LogP contribution in [0.2, 0.25) is 0 Å². The van der Waals surface area contributed by atoms with E-state index in [4.69, 9.17) is 4.74 Å². The van der Waals surface area contributed by atoms with Gasteiger partial charge in [0.05, 0.1) is 6.61 Å². The summed E-state index contributed by atoms with van der Waals surface area (Å²) in [5.41, 5.74) is 1.19. The second kappa shape index (κ2) is 3.86. The lowest BCUT2D eigenvalue weighted by atomic mass is 9.96. The standard InChI is InChI=1S/C11H15NO2/c1-2-14-11(13)10-7-8-5-3-4-6-9(8)12-10/h3-4,6,8,10,12H,2,5,7H2,1H3. The van der Waals surface area contributed by atoms with Crippen LogP contribution in [0.1, 0.15) is 19.8 Å². The molecule has 0 aromatic heterocycles. The Bertz CT molecular complexity index is 294. The summed E-state index contributed by atoms with van der Waals surface area (Å²) in [5.74, 6) is 0.372. The summed E-state index contributed by atoms with van der Waals surface area (Å²) in [6, 6.07) is -0.133. The summed E-state index contributed by atoms with van der Waals surface area (Å²) in [6.07, 6.45) is 8.13. The average Bonchev–Trinajstić information content (AvgIpc) is 2.61. The molecule has 2 atom stereocenters. The van der Waals surface area contributed by atoms with Gasteiger partial charge in [0.15, 0.2) is 0 Å². The number of allylic oxidation sites excluding steroid dienone is 4. The smallest absolute Gasteiger partial charge is 0.328 e. The van der Waals surface area contributed by atoms with E-state index in [2.05, 4.69) is 11.4 Å². The van der Waals surface area contributed by atoms with Crippen molar-refractivity contribution in [1.29, 1.82) is 0 Å². The van der Waals surface area contributed by atoms with Gasteiger partial charge in [-0.25, -0.2) is 4.79 Å². The number of ether oxygens (including phenoxy) is 1. The largest absolute Gasteiger partial charge is 0.464 e. The Balaban J connectivity index is 1.98. The molecule has 0 spiro atoms. The maximum Gasteiger partial charge on any atom is 0.328 e. The fourth-order valence-electron chi connectivity index (χ4n) is 2.01. The third-order valence-electron chi connectivity index (χ3n) is 2.70.